The molecule has 0 aliphatic heterocycles. The normalized spacial score (nSPS) is 13.8. The van der Waals surface area contributed by atoms with Crippen LogP contribution in [0.4, 0.5) is 13.2 Å². The molecule has 0 saturated heterocycles. The number of aryl methyl sites for hydroxylation is 1. The van der Waals surface area contributed by atoms with Gasteiger partial charge in [0.15, 0.2) is 5.75 Å². The Balaban J connectivity index is 3.19. The number of alkyl halides is 3. The van der Waals surface area contributed by atoms with E-state index in [1.165, 1.54) is 25.0 Å². The lowest BCUT2D eigenvalue weighted by atomic mass is 10.2. The number of ether oxygens (including phenoxy) is 1. The lowest BCUT2D eigenvalue weighted by Gasteiger charge is -2.21. The molecule has 0 aliphatic rings. The van der Waals surface area contributed by atoms with Crippen molar-refractivity contribution in [2.75, 3.05) is 14.2 Å². The first-order chi connectivity index (χ1) is 7.95. The summed E-state index contributed by atoms with van der Waals surface area (Å²) in [5.41, 5.74) is 0.0179. The molecule has 0 bridgehead atoms. The highest BCUT2D eigenvalue weighted by Crippen LogP contribution is 2.36. The van der Waals surface area contributed by atoms with E-state index in [1.807, 2.05) is 6.92 Å². The molecule has 0 spiro atoms. The zero-order chi connectivity index (χ0) is 13.1. The van der Waals surface area contributed by atoms with Gasteiger partial charge in [0.2, 0.25) is 0 Å². The molecule has 1 atom stereocenters. The quantitative estimate of drug-likeness (QED) is 0.871. The number of methoxy groups -OCH3 is 1. The molecule has 0 aromatic carbocycles. The first kappa shape index (κ1) is 13.8. The molecule has 0 fully saturated rings. The topological polar surface area (TPSA) is 39.1 Å². The van der Waals surface area contributed by atoms with Gasteiger partial charge < -0.3 is 10.1 Å². The van der Waals surface area contributed by atoms with Gasteiger partial charge in [0, 0.05) is 6.54 Å². The summed E-state index contributed by atoms with van der Waals surface area (Å²) in [5.74, 6) is 0.148. The summed E-state index contributed by atoms with van der Waals surface area (Å²) in [5, 5.41) is 6.16. The van der Waals surface area contributed by atoms with Crippen molar-refractivity contribution in [2.24, 2.45) is 0 Å². The van der Waals surface area contributed by atoms with Crippen molar-refractivity contribution in [3.63, 3.8) is 0 Å². The van der Waals surface area contributed by atoms with E-state index in [9.17, 15) is 13.2 Å². The maximum atomic E-state index is 12.9. The van der Waals surface area contributed by atoms with E-state index in [0.29, 0.717) is 13.0 Å². The smallest absolute Gasteiger partial charge is 0.409 e. The Kier molecular flexibility index (Phi) is 4.39. The third kappa shape index (κ3) is 2.91. The van der Waals surface area contributed by atoms with E-state index in [0.717, 1.165) is 0 Å². The first-order valence-electron chi connectivity index (χ1n) is 5.29. The highest BCUT2D eigenvalue weighted by Gasteiger charge is 2.43. The van der Waals surface area contributed by atoms with Crippen LogP contribution in [0.3, 0.4) is 0 Å². The molecule has 98 valence electrons. The zero-order valence-corrected chi connectivity index (χ0v) is 10.0. The highest BCUT2D eigenvalue weighted by molar-refractivity contribution is 5.29. The Labute approximate surface area is 97.8 Å². The summed E-state index contributed by atoms with van der Waals surface area (Å²) >= 11 is 0. The minimum absolute atomic E-state index is 0.0179. The predicted octanol–water partition coefficient (Wildman–Crippen LogP) is 2.12. The summed E-state index contributed by atoms with van der Waals surface area (Å²) in [4.78, 5) is 0. The Bertz CT molecular complexity index is 362. The van der Waals surface area contributed by atoms with E-state index in [4.69, 9.17) is 4.74 Å². The van der Waals surface area contributed by atoms with Gasteiger partial charge >= 0.3 is 6.18 Å². The van der Waals surface area contributed by atoms with Crippen LogP contribution >= 0.6 is 0 Å². The first-order valence-corrected chi connectivity index (χ1v) is 5.29. The summed E-state index contributed by atoms with van der Waals surface area (Å²) < 4.78 is 44.8. The largest absolute Gasteiger partial charge is 0.493 e. The van der Waals surface area contributed by atoms with Crippen molar-refractivity contribution in [1.29, 1.82) is 0 Å². The fourth-order valence-electron chi connectivity index (χ4n) is 1.67. The predicted molar refractivity (Wildman–Crippen MR) is 56.9 cm³/mol. The van der Waals surface area contributed by atoms with Crippen molar-refractivity contribution in [3.05, 3.63) is 11.9 Å². The van der Waals surface area contributed by atoms with Gasteiger partial charge in [-0.05, 0) is 13.5 Å². The van der Waals surface area contributed by atoms with Gasteiger partial charge in [-0.15, -0.1) is 0 Å². The van der Waals surface area contributed by atoms with Gasteiger partial charge in [0.1, 0.15) is 11.7 Å². The van der Waals surface area contributed by atoms with Gasteiger partial charge in [-0.3, -0.25) is 4.68 Å². The van der Waals surface area contributed by atoms with E-state index in [1.54, 1.807) is 0 Å². The molecule has 0 amide bonds. The number of hydrogen-bond acceptors (Lipinski definition) is 3. The fraction of sp³-hybridized carbons (Fsp3) is 0.700. The van der Waals surface area contributed by atoms with Crippen LogP contribution in [0.2, 0.25) is 0 Å². The number of nitrogens with one attached hydrogen (secondary N) is 1. The summed E-state index contributed by atoms with van der Waals surface area (Å²) in [6.07, 6.45) is -2.37. The Morgan fingerprint density at radius 2 is 2.18 bits per heavy atom. The molecule has 1 aromatic rings. The van der Waals surface area contributed by atoms with E-state index in [-0.39, 0.29) is 11.4 Å². The van der Waals surface area contributed by atoms with E-state index < -0.39 is 12.2 Å². The molecule has 7 heteroatoms. The van der Waals surface area contributed by atoms with Crippen LogP contribution in [0, 0.1) is 0 Å². The van der Waals surface area contributed by atoms with Gasteiger partial charge in [0.25, 0.3) is 0 Å². The molecule has 0 radical (unpaired) electrons. The number of halogens is 3. The summed E-state index contributed by atoms with van der Waals surface area (Å²) in [6.45, 7) is 2.30. The van der Waals surface area contributed by atoms with Gasteiger partial charge in [0.05, 0.1) is 13.3 Å². The molecule has 1 rings (SSSR count). The third-order valence-corrected chi connectivity index (χ3v) is 2.39. The molecule has 1 aromatic heterocycles. The summed E-state index contributed by atoms with van der Waals surface area (Å²) in [7, 11) is 2.60. The standard InChI is InChI=1S/C10H16F3N3O/c1-4-5-16-8(7(17-3)6-15-16)9(14-2)10(11,12)13/h6,9,14H,4-5H2,1-3H3. The molecule has 1 heterocycles. The lowest BCUT2D eigenvalue weighted by Crippen LogP contribution is -2.34. The number of hydrogen-bond donors (Lipinski definition) is 1. The average molecular weight is 251 g/mol. The molecule has 4 nitrogen and oxygen atoms in total. The fourth-order valence-corrected chi connectivity index (χ4v) is 1.67. The molecule has 17 heavy (non-hydrogen) atoms. The molecular formula is C10H16F3N3O. The SMILES string of the molecule is CCCn1ncc(OC)c1C(NC)C(F)(F)F. The Morgan fingerprint density at radius 3 is 2.59 bits per heavy atom. The van der Waals surface area contributed by atoms with Crippen molar-refractivity contribution in [1.82, 2.24) is 15.1 Å². The molecule has 1 N–H and O–H groups in total. The highest BCUT2D eigenvalue weighted by atomic mass is 19.4. The minimum atomic E-state index is -4.38. The van der Waals surface area contributed by atoms with Crippen LogP contribution < -0.4 is 10.1 Å². The zero-order valence-electron chi connectivity index (χ0n) is 10.0. The third-order valence-electron chi connectivity index (χ3n) is 2.39. The van der Waals surface area contributed by atoms with Crippen molar-refractivity contribution < 1.29 is 17.9 Å². The van der Waals surface area contributed by atoms with Gasteiger partial charge in [-0.2, -0.15) is 18.3 Å². The van der Waals surface area contributed by atoms with Crippen LogP contribution in [0.15, 0.2) is 6.20 Å². The van der Waals surface area contributed by atoms with Crippen LogP contribution in [0.5, 0.6) is 5.75 Å². The van der Waals surface area contributed by atoms with Crippen LogP contribution in [0.1, 0.15) is 25.1 Å². The van der Waals surface area contributed by atoms with Crippen LogP contribution in [0.25, 0.3) is 0 Å². The van der Waals surface area contributed by atoms with Gasteiger partial charge in [-0.1, -0.05) is 6.92 Å². The van der Waals surface area contributed by atoms with Crippen molar-refractivity contribution in [3.8, 4) is 5.75 Å². The molecule has 0 aliphatic carbocycles. The summed E-state index contributed by atoms with van der Waals surface area (Å²) in [6, 6.07) is -1.77. The maximum Gasteiger partial charge on any atom is 0.409 e. The number of aromatic nitrogens is 2. The van der Waals surface area contributed by atoms with E-state index in [2.05, 4.69) is 10.4 Å². The lowest BCUT2D eigenvalue weighted by molar-refractivity contribution is -0.158. The minimum Gasteiger partial charge on any atom is -0.493 e. The monoisotopic (exact) mass is 251 g/mol. The number of nitrogens with zero attached hydrogens (tertiary/aromatic N) is 2. The Morgan fingerprint density at radius 1 is 1.53 bits per heavy atom. The average Bonchev–Trinajstić information content (AvgIpc) is 2.61. The van der Waals surface area contributed by atoms with Gasteiger partial charge in [-0.25, -0.2) is 0 Å². The molecular weight excluding hydrogens is 235 g/mol. The second-order valence-electron chi connectivity index (χ2n) is 3.58. The van der Waals surface area contributed by atoms with Crippen LogP contribution in [-0.2, 0) is 6.54 Å². The second kappa shape index (κ2) is 5.39. The van der Waals surface area contributed by atoms with Crippen molar-refractivity contribution >= 4 is 0 Å². The Hall–Kier alpha value is -1.24. The molecule has 1 unspecified atom stereocenters. The van der Waals surface area contributed by atoms with Crippen LogP contribution in [-0.4, -0.2) is 30.1 Å². The molecule has 0 saturated carbocycles. The number of rotatable bonds is 5. The second-order valence-corrected chi connectivity index (χ2v) is 3.58. The van der Waals surface area contributed by atoms with E-state index >= 15 is 0 Å². The maximum absolute atomic E-state index is 12.9. The van der Waals surface area contributed by atoms with Crippen molar-refractivity contribution in [2.45, 2.75) is 32.1 Å².